The van der Waals surface area contributed by atoms with E-state index in [4.69, 9.17) is 30.5 Å². The largest absolute Gasteiger partial charge is 0.495 e. The zero-order chi connectivity index (χ0) is 19.2. The molecule has 0 saturated heterocycles. The van der Waals surface area contributed by atoms with Gasteiger partial charge < -0.3 is 24.3 Å². The Balaban J connectivity index is 1.51. The fourth-order valence-electron chi connectivity index (χ4n) is 2.33. The molecule has 3 rings (SSSR count). The smallest absolute Gasteiger partial charge is 0.331 e. The van der Waals surface area contributed by atoms with Gasteiger partial charge in [-0.3, -0.25) is 4.79 Å². The van der Waals surface area contributed by atoms with Crippen LogP contribution in [0.2, 0.25) is 5.02 Å². The summed E-state index contributed by atoms with van der Waals surface area (Å²) in [4.78, 5) is 23.8. The Labute approximate surface area is 160 Å². The van der Waals surface area contributed by atoms with Gasteiger partial charge in [0.25, 0.3) is 5.91 Å². The third kappa shape index (κ3) is 4.92. The standard InChI is InChI=1S/C19H16ClNO6/c1-24-15-6-4-13(20)9-14(15)21-18(22)10-25-19(23)7-3-12-2-5-16-17(8-12)27-11-26-16/h2-9H,10-11H2,1H3,(H,21,22). The Bertz CT molecular complexity index is 896. The van der Waals surface area contributed by atoms with E-state index in [9.17, 15) is 9.59 Å². The highest BCUT2D eigenvalue weighted by atomic mass is 35.5. The van der Waals surface area contributed by atoms with Crippen molar-refractivity contribution in [1.82, 2.24) is 0 Å². The molecule has 0 saturated carbocycles. The van der Waals surface area contributed by atoms with Crippen LogP contribution in [0.1, 0.15) is 5.56 Å². The molecule has 0 spiro atoms. The molecule has 2 aromatic rings. The topological polar surface area (TPSA) is 83.1 Å². The van der Waals surface area contributed by atoms with Crippen LogP contribution in [-0.2, 0) is 14.3 Å². The quantitative estimate of drug-likeness (QED) is 0.603. The number of benzene rings is 2. The summed E-state index contributed by atoms with van der Waals surface area (Å²) in [7, 11) is 1.47. The molecule has 1 aliphatic heterocycles. The van der Waals surface area contributed by atoms with Gasteiger partial charge in [0, 0.05) is 11.1 Å². The van der Waals surface area contributed by atoms with Crippen LogP contribution in [0.4, 0.5) is 5.69 Å². The van der Waals surface area contributed by atoms with Crippen molar-refractivity contribution in [2.75, 3.05) is 25.8 Å². The van der Waals surface area contributed by atoms with Crippen LogP contribution in [0.15, 0.2) is 42.5 Å². The van der Waals surface area contributed by atoms with Crippen molar-refractivity contribution in [1.29, 1.82) is 0 Å². The molecule has 0 atom stereocenters. The molecule has 1 aliphatic rings. The summed E-state index contributed by atoms with van der Waals surface area (Å²) in [5.74, 6) is 0.547. The summed E-state index contributed by atoms with van der Waals surface area (Å²) >= 11 is 5.90. The van der Waals surface area contributed by atoms with Crippen molar-refractivity contribution >= 4 is 35.2 Å². The first-order valence-electron chi connectivity index (χ1n) is 7.93. The molecule has 0 fully saturated rings. The van der Waals surface area contributed by atoms with Gasteiger partial charge in [-0.2, -0.15) is 0 Å². The van der Waals surface area contributed by atoms with Crippen molar-refractivity contribution in [3.05, 3.63) is 53.1 Å². The summed E-state index contributed by atoms with van der Waals surface area (Å²) in [5, 5.41) is 3.02. The number of anilines is 1. The van der Waals surface area contributed by atoms with Crippen LogP contribution in [0, 0.1) is 0 Å². The number of halogens is 1. The maximum atomic E-state index is 12.0. The van der Waals surface area contributed by atoms with Gasteiger partial charge in [-0.15, -0.1) is 0 Å². The second-order valence-electron chi connectivity index (χ2n) is 5.45. The second-order valence-corrected chi connectivity index (χ2v) is 5.88. The van der Waals surface area contributed by atoms with Crippen LogP contribution < -0.4 is 19.5 Å². The second kappa shape index (κ2) is 8.46. The van der Waals surface area contributed by atoms with Crippen molar-refractivity contribution < 1.29 is 28.5 Å². The van der Waals surface area contributed by atoms with Crippen LogP contribution in [0.3, 0.4) is 0 Å². The first-order chi connectivity index (χ1) is 13.0. The molecule has 140 valence electrons. The van der Waals surface area contributed by atoms with E-state index in [1.165, 1.54) is 13.2 Å². The Morgan fingerprint density at radius 2 is 2.00 bits per heavy atom. The molecular formula is C19H16ClNO6. The van der Waals surface area contributed by atoms with E-state index in [1.54, 1.807) is 42.5 Å². The van der Waals surface area contributed by atoms with Crippen molar-refractivity contribution in [3.8, 4) is 17.2 Å². The number of rotatable bonds is 6. The number of esters is 1. The fourth-order valence-corrected chi connectivity index (χ4v) is 2.50. The monoisotopic (exact) mass is 389 g/mol. The van der Waals surface area contributed by atoms with Gasteiger partial charge in [0.1, 0.15) is 5.75 Å². The molecule has 27 heavy (non-hydrogen) atoms. The minimum atomic E-state index is -0.652. The van der Waals surface area contributed by atoms with Gasteiger partial charge >= 0.3 is 5.97 Å². The third-order valence-corrected chi connectivity index (χ3v) is 3.82. The molecule has 0 aliphatic carbocycles. The van der Waals surface area contributed by atoms with E-state index < -0.39 is 18.5 Å². The van der Waals surface area contributed by atoms with E-state index >= 15 is 0 Å². The average Bonchev–Trinajstić information content (AvgIpc) is 3.12. The summed E-state index contributed by atoms with van der Waals surface area (Å²) in [6.45, 7) is -0.267. The Hall–Kier alpha value is -3.19. The number of carbonyl (C=O) groups excluding carboxylic acids is 2. The fraction of sp³-hybridized carbons (Fsp3) is 0.158. The number of methoxy groups -OCH3 is 1. The summed E-state index contributed by atoms with van der Waals surface area (Å²) in [5.41, 5.74) is 1.13. The number of hydrogen-bond donors (Lipinski definition) is 1. The van der Waals surface area contributed by atoms with Crippen LogP contribution in [0.25, 0.3) is 6.08 Å². The lowest BCUT2D eigenvalue weighted by Gasteiger charge is -2.10. The lowest BCUT2D eigenvalue weighted by atomic mass is 10.2. The van der Waals surface area contributed by atoms with E-state index in [1.807, 2.05) is 0 Å². The normalized spacial score (nSPS) is 12.1. The molecule has 1 N–H and O–H groups in total. The molecule has 1 amide bonds. The number of fused-ring (bicyclic) bond motifs is 1. The Morgan fingerprint density at radius 3 is 2.81 bits per heavy atom. The predicted molar refractivity (Wildman–Crippen MR) is 99.2 cm³/mol. The molecule has 0 radical (unpaired) electrons. The van der Waals surface area contributed by atoms with E-state index in [0.29, 0.717) is 28.0 Å². The van der Waals surface area contributed by atoms with Crippen molar-refractivity contribution in [2.24, 2.45) is 0 Å². The highest BCUT2D eigenvalue weighted by Gasteiger charge is 2.13. The Morgan fingerprint density at radius 1 is 1.19 bits per heavy atom. The molecular weight excluding hydrogens is 374 g/mol. The number of nitrogens with one attached hydrogen (secondary N) is 1. The van der Waals surface area contributed by atoms with E-state index in [0.717, 1.165) is 5.56 Å². The van der Waals surface area contributed by atoms with Crippen LogP contribution in [-0.4, -0.2) is 32.4 Å². The number of amides is 1. The van der Waals surface area contributed by atoms with Gasteiger partial charge in [0.2, 0.25) is 6.79 Å². The first kappa shape index (κ1) is 18.6. The van der Waals surface area contributed by atoms with E-state index in [-0.39, 0.29) is 6.79 Å². The third-order valence-electron chi connectivity index (χ3n) is 3.59. The zero-order valence-electron chi connectivity index (χ0n) is 14.4. The average molecular weight is 390 g/mol. The molecule has 7 nitrogen and oxygen atoms in total. The molecule has 0 aromatic heterocycles. The number of carbonyl (C=O) groups is 2. The summed E-state index contributed by atoms with van der Waals surface area (Å²) in [6.07, 6.45) is 2.78. The van der Waals surface area contributed by atoms with Gasteiger partial charge in [-0.1, -0.05) is 17.7 Å². The zero-order valence-corrected chi connectivity index (χ0v) is 15.1. The van der Waals surface area contributed by atoms with Crippen molar-refractivity contribution in [3.63, 3.8) is 0 Å². The summed E-state index contributed by atoms with van der Waals surface area (Å²) in [6, 6.07) is 10.1. The molecule has 0 unspecified atom stereocenters. The Kier molecular flexibility index (Phi) is 5.83. The lowest BCUT2D eigenvalue weighted by molar-refractivity contribution is -0.142. The molecule has 1 heterocycles. The van der Waals surface area contributed by atoms with Gasteiger partial charge in [-0.25, -0.2) is 4.79 Å². The SMILES string of the molecule is COc1ccc(Cl)cc1NC(=O)COC(=O)C=Cc1ccc2c(c1)OCO2. The first-order valence-corrected chi connectivity index (χ1v) is 8.31. The number of ether oxygens (including phenoxy) is 4. The van der Waals surface area contributed by atoms with Crippen LogP contribution in [0.5, 0.6) is 17.2 Å². The van der Waals surface area contributed by atoms with Gasteiger partial charge in [0.05, 0.1) is 12.8 Å². The maximum Gasteiger partial charge on any atom is 0.331 e. The predicted octanol–water partition coefficient (Wildman–Crippen LogP) is 3.27. The summed E-state index contributed by atoms with van der Waals surface area (Å²) < 4.78 is 20.5. The minimum absolute atomic E-state index is 0.178. The molecule has 8 heteroatoms. The highest BCUT2D eigenvalue weighted by molar-refractivity contribution is 6.31. The van der Waals surface area contributed by atoms with Crippen molar-refractivity contribution in [2.45, 2.75) is 0 Å². The van der Waals surface area contributed by atoms with E-state index in [2.05, 4.69) is 5.32 Å². The number of hydrogen-bond acceptors (Lipinski definition) is 6. The van der Waals surface area contributed by atoms with Gasteiger partial charge in [-0.05, 0) is 42.0 Å². The van der Waals surface area contributed by atoms with Crippen LogP contribution >= 0.6 is 11.6 Å². The molecule has 2 aromatic carbocycles. The lowest BCUT2D eigenvalue weighted by Crippen LogP contribution is -2.20. The molecule has 0 bridgehead atoms. The maximum absolute atomic E-state index is 12.0. The van der Waals surface area contributed by atoms with Gasteiger partial charge in [0.15, 0.2) is 18.1 Å². The highest BCUT2D eigenvalue weighted by Crippen LogP contribution is 2.32. The minimum Gasteiger partial charge on any atom is -0.495 e.